The number of hydrogen-bond donors (Lipinski definition) is 0. The molecule has 0 N–H and O–H groups in total. The number of ether oxygens (including phenoxy) is 2. The average molecular weight is 389 g/mol. The summed E-state index contributed by atoms with van der Waals surface area (Å²) in [5.74, 6) is 1.77. The van der Waals surface area contributed by atoms with Gasteiger partial charge in [-0.2, -0.15) is 0 Å². The molecule has 1 amide bonds. The molecule has 6 heteroatoms. The smallest absolute Gasteiger partial charge is 0.255 e. The van der Waals surface area contributed by atoms with Gasteiger partial charge in [0, 0.05) is 49.2 Å². The lowest BCUT2D eigenvalue weighted by atomic mass is 9.97. The maximum Gasteiger partial charge on any atom is 0.255 e. The zero-order valence-corrected chi connectivity index (χ0v) is 16.5. The molecule has 0 aliphatic carbocycles. The van der Waals surface area contributed by atoms with Crippen molar-refractivity contribution in [3.8, 4) is 22.8 Å². The molecule has 0 spiro atoms. The lowest BCUT2D eigenvalue weighted by molar-refractivity contribution is 0.0790. The van der Waals surface area contributed by atoms with E-state index < -0.39 is 0 Å². The van der Waals surface area contributed by atoms with E-state index in [-0.39, 0.29) is 11.8 Å². The van der Waals surface area contributed by atoms with Gasteiger partial charge in [-0.25, -0.2) is 0 Å². The van der Waals surface area contributed by atoms with E-state index in [9.17, 15) is 4.79 Å². The molecule has 148 valence electrons. The van der Waals surface area contributed by atoms with E-state index in [2.05, 4.69) is 16.0 Å². The third kappa shape index (κ3) is 3.92. The van der Waals surface area contributed by atoms with Gasteiger partial charge < -0.3 is 14.4 Å². The molecule has 0 saturated carbocycles. The van der Waals surface area contributed by atoms with Crippen molar-refractivity contribution in [3.63, 3.8) is 0 Å². The maximum absolute atomic E-state index is 12.7. The second kappa shape index (κ2) is 8.31. The van der Waals surface area contributed by atoms with Crippen LogP contribution in [0, 0.1) is 0 Å². The molecule has 4 rings (SSSR count). The molecule has 6 nitrogen and oxygen atoms in total. The van der Waals surface area contributed by atoms with Crippen LogP contribution in [0.3, 0.4) is 0 Å². The Hall–Kier alpha value is -3.41. The molecule has 1 aliphatic heterocycles. The summed E-state index contributed by atoms with van der Waals surface area (Å²) in [5.41, 5.74) is 3.57. The zero-order chi connectivity index (χ0) is 20.2. The highest BCUT2D eigenvalue weighted by Crippen LogP contribution is 2.35. The van der Waals surface area contributed by atoms with Crippen LogP contribution in [0.5, 0.6) is 11.5 Å². The van der Waals surface area contributed by atoms with E-state index in [0.717, 1.165) is 30.0 Å². The molecule has 3 aromatic rings. The van der Waals surface area contributed by atoms with Crippen molar-refractivity contribution in [2.24, 2.45) is 0 Å². The molecule has 29 heavy (non-hydrogen) atoms. The SMILES string of the molecule is COc1ccc(-c2cc([C@@H]3CCN(C(=O)c4cccnc4)C3)ccn2)c(OC)c1. The van der Waals surface area contributed by atoms with Crippen LogP contribution < -0.4 is 9.47 Å². The third-order valence-corrected chi connectivity index (χ3v) is 5.32. The molecule has 0 unspecified atom stereocenters. The van der Waals surface area contributed by atoms with E-state index in [1.54, 1.807) is 32.7 Å². The Bertz CT molecular complexity index is 1010. The van der Waals surface area contributed by atoms with Crippen LogP contribution in [0.25, 0.3) is 11.3 Å². The summed E-state index contributed by atoms with van der Waals surface area (Å²) in [6.45, 7) is 1.43. The number of carbonyl (C=O) groups excluding carboxylic acids is 1. The lowest BCUT2D eigenvalue weighted by Gasteiger charge is -2.17. The van der Waals surface area contributed by atoms with Gasteiger partial charge in [-0.15, -0.1) is 0 Å². The van der Waals surface area contributed by atoms with E-state index in [1.165, 1.54) is 5.56 Å². The first-order valence-electron chi connectivity index (χ1n) is 9.57. The molecular formula is C23H23N3O3. The van der Waals surface area contributed by atoms with Crippen molar-refractivity contribution in [2.75, 3.05) is 27.3 Å². The van der Waals surface area contributed by atoms with E-state index in [1.807, 2.05) is 41.4 Å². The zero-order valence-electron chi connectivity index (χ0n) is 16.5. The number of pyridine rings is 2. The summed E-state index contributed by atoms with van der Waals surface area (Å²) in [5, 5.41) is 0. The predicted molar refractivity (Wildman–Crippen MR) is 110 cm³/mol. The Labute approximate surface area is 170 Å². The average Bonchev–Trinajstić information content (AvgIpc) is 3.29. The normalized spacial score (nSPS) is 15.9. The van der Waals surface area contributed by atoms with Crippen LogP contribution in [-0.2, 0) is 0 Å². The Morgan fingerprint density at radius 1 is 1.10 bits per heavy atom. The largest absolute Gasteiger partial charge is 0.497 e. The summed E-state index contributed by atoms with van der Waals surface area (Å²) < 4.78 is 10.8. The first kappa shape index (κ1) is 18.9. The summed E-state index contributed by atoms with van der Waals surface area (Å²) in [4.78, 5) is 23.2. The van der Waals surface area contributed by atoms with Gasteiger partial charge in [-0.3, -0.25) is 14.8 Å². The Balaban J connectivity index is 1.55. The minimum absolute atomic E-state index is 0.0340. The number of methoxy groups -OCH3 is 2. The van der Waals surface area contributed by atoms with Gasteiger partial charge in [0.2, 0.25) is 0 Å². The topological polar surface area (TPSA) is 64.5 Å². The van der Waals surface area contributed by atoms with Crippen molar-refractivity contribution in [2.45, 2.75) is 12.3 Å². The summed E-state index contributed by atoms with van der Waals surface area (Å²) in [7, 11) is 3.27. The number of aromatic nitrogens is 2. The molecule has 1 aromatic carbocycles. The number of hydrogen-bond acceptors (Lipinski definition) is 5. The number of benzene rings is 1. The monoisotopic (exact) mass is 389 g/mol. The highest BCUT2D eigenvalue weighted by molar-refractivity contribution is 5.94. The van der Waals surface area contributed by atoms with Crippen LogP contribution in [0.2, 0.25) is 0 Å². The van der Waals surface area contributed by atoms with Crippen LogP contribution >= 0.6 is 0 Å². The standard InChI is InChI=1S/C23H23N3O3/c1-28-19-5-6-20(22(13-19)29-2)21-12-16(7-10-25-21)18-8-11-26(15-18)23(27)17-4-3-9-24-14-17/h3-7,9-10,12-14,18H,8,11,15H2,1-2H3/t18-/m1/s1. The van der Waals surface area contributed by atoms with Crippen molar-refractivity contribution >= 4 is 5.91 Å². The van der Waals surface area contributed by atoms with Gasteiger partial charge >= 0.3 is 0 Å². The Morgan fingerprint density at radius 2 is 2.00 bits per heavy atom. The van der Waals surface area contributed by atoms with Gasteiger partial charge in [-0.05, 0) is 48.4 Å². The fourth-order valence-electron chi connectivity index (χ4n) is 3.75. The molecule has 0 bridgehead atoms. The quantitative estimate of drug-likeness (QED) is 0.664. The molecular weight excluding hydrogens is 366 g/mol. The fourth-order valence-corrected chi connectivity index (χ4v) is 3.75. The van der Waals surface area contributed by atoms with Crippen LogP contribution in [0.1, 0.15) is 28.3 Å². The molecule has 1 aliphatic rings. The second-order valence-corrected chi connectivity index (χ2v) is 7.02. The third-order valence-electron chi connectivity index (χ3n) is 5.32. The van der Waals surface area contributed by atoms with Crippen molar-refractivity contribution in [1.82, 2.24) is 14.9 Å². The van der Waals surface area contributed by atoms with E-state index in [4.69, 9.17) is 9.47 Å². The van der Waals surface area contributed by atoms with Gasteiger partial charge in [0.1, 0.15) is 11.5 Å². The maximum atomic E-state index is 12.7. The van der Waals surface area contributed by atoms with Crippen LogP contribution in [0.4, 0.5) is 0 Å². The van der Waals surface area contributed by atoms with Crippen molar-refractivity contribution < 1.29 is 14.3 Å². The molecule has 0 radical (unpaired) electrons. The molecule has 1 atom stereocenters. The number of nitrogens with zero attached hydrogens (tertiary/aromatic N) is 3. The van der Waals surface area contributed by atoms with Gasteiger partial charge in [-0.1, -0.05) is 0 Å². The number of likely N-dealkylation sites (tertiary alicyclic amines) is 1. The molecule has 1 fully saturated rings. The minimum Gasteiger partial charge on any atom is -0.497 e. The first-order chi connectivity index (χ1) is 14.2. The van der Waals surface area contributed by atoms with Crippen molar-refractivity contribution in [1.29, 1.82) is 0 Å². The Morgan fingerprint density at radius 3 is 2.76 bits per heavy atom. The Kier molecular flexibility index (Phi) is 5.42. The van der Waals surface area contributed by atoms with Crippen LogP contribution in [0.15, 0.2) is 61.1 Å². The molecule has 2 aromatic heterocycles. The molecule has 1 saturated heterocycles. The van der Waals surface area contributed by atoms with Gasteiger partial charge in [0.05, 0.1) is 25.5 Å². The van der Waals surface area contributed by atoms with Crippen LogP contribution in [-0.4, -0.2) is 48.1 Å². The lowest BCUT2D eigenvalue weighted by Crippen LogP contribution is -2.28. The van der Waals surface area contributed by atoms with Gasteiger partial charge in [0.25, 0.3) is 5.91 Å². The minimum atomic E-state index is 0.0340. The summed E-state index contributed by atoms with van der Waals surface area (Å²) in [6.07, 6.45) is 6.04. The van der Waals surface area contributed by atoms with Crippen molar-refractivity contribution in [3.05, 3.63) is 72.2 Å². The number of carbonyl (C=O) groups is 1. The van der Waals surface area contributed by atoms with E-state index in [0.29, 0.717) is 17.9 Å². The summed E-state index contributed by atoms with van der Waals surface area (Å²) in [6, 6.07) is 13.4. The van der Waals surface area contributed by atoms with E-state index >= 15 is 0 Å². The van der Waals surface area contributed by atoms with Gasteiger partial charge in [0.15, 0.2) is 0 Å². The highest BCUT2D eigenvalue weighted by atomic mass is 16.5. The fraction of sp³-hybridized carbons (Fsp3) is 0.261. The second-order valence-electron chi connectivity index (χ2n) is 7.02. The number of rotatable bonds is 5. The molecule has 3 heterocycles. The first-order valence-corrected chi connectivity index (χ1v) is 9.57. The highest BCUT2D eigenvalue weighted by Gasteiger charge is 2.28. The summed E-state index contributed by atoms with van der Waals surface area (Å²) >= 11 is 0. The number of amides is 1. The predicted octanol–water partition coefficient (Wildman–Crippen LogP) is 3.79.